The standard InChI is InChI=1S/C15H27N3O5S/c1-3-16(13-5-10-24(21,22)12-13)11-14(19)17-6-8-18(9-7-17)15(20)23-4-2/h13H,3-12H2,1-2H3. The quantitative estimate of drug-likeness (QED) is 0.674. The molecule has 0 bridgehead atoms. The van der Waals surface area contributed by atoms with E-state index in [-0.39, 0.29) is 36.1 Å². The van der Waals surface area contributed by atoms with Crippen molar-refractivity contribution < 1.29 is 22.7 Å². The maximum atomic E-state index is 12.5. The van der Waals surface area contributed by atoms with E-state index in [1.165, 1.54) is 0 Å². The van der Waals surface area contributed by atoms with Crippen molar-refractivity contribution in [1.29, 1.82) is 0 Å². The summed E-state index contributed by atoms with van der Waals surface area (Å²) in [6, 6.07) is -0.0650. The van der Waals surface area contributed by atoms with E-state index in [2.05, 4.69) is 0 Å². The second kappa shape index (κ2) is 8.15. The Bertz CT molecular complexity index is 557. The SMILES string of the molecule is CCOC(=O)N1CCN(C(=O)CN(CC)C2CCS(=O)(=O)C2)CC1. The Morgan fingerprint density at radius 2 is 1.75 bits per heavy atom. The number of piperazine rings is 1. The second-order valence-corrected chi connectivity index (χ2v) is 8.42. The normalized spacial score (nSPS) is 23.5. The Kier molecular flexibility index (Phi) is 6.45. The van der Waals surface area contributed by atoms with Crippen molar-refractivity contribution in [2.75, 3.05) is 57.4 Å². The molecule has 2 saturated heterocycles. The smallest absolute Gasteiger partial charge is 0.409 e. The van der Waals surface area contributed by atoms with Crippen molar-refractivity contribution in [2.45, 2.75) is 26.3 Å². The molecule has 0 aromatic rings. The molecule has 2 aliphatic rings. The molecular formula is C15H27N3O5S. The van der Waals surface area contributed by atoms with E-state index in [1.807, 2.05) is 11.8 Å². The Balaban J connectivity index is 1.83. The average Bonchev–Trinajstić information content (AvgIpc) is 2.92. The van der Waals surface area contributed by atoms with Crippen LogP contribution in [0.25, 0.3) is 0 Å². The molecule has 2 heterocycles. The third-order valence-corrected chi connectivity index (χ3v) is 6.38. The van der Waals surface area contributed by atoms with E-state index in [0.717, 1.165) is 0 Å². The van der Waals surface area contributed by atoms with Crippen molar-refractivity contribution in [3.8, 4) is 0 Å². The number of sulfone groups is 1. The van der Waals surface area contributed by atoms with Gasteiger partial charge in [0.15, 0.2) is 9.84 Å². The minimum absolute atomic E-state index is 0.00958. The summed E-state index contributed by atoms with van der Waals surface area (Å²) in [5.74, 6) is 0.343. The van der Waals surface area contributed by atoms with Crippen molar-refractivity contribution in [2.24, 2.45) is 0 Å². The Hall–Kier alpha value is -1.35. The lowest BCUT2D eigenvalue weighted by Crippen LogP contribution is -2.53. The third-order valence-electron chi connectivity index (χ3n) is 4.63. The molecule has 0 saturated carbocycles. The zero-order valence-corrected chi connectivity index (χ0v) is 15.3. The molecule has 8 nitrogen and oxygen atoms in total. The summed E-state index contributed by atoms with van der Waals surface area (Å²) < 4.78 is 28.2. The lowest BCUT2D eigenvalue weighted by molar-refractivity contribution is -0.134. The summed E-state index contributed by atoms with van der Waals surface area (Å²) in [6.07, 6.45) is 0.260. The van der Waals surface area contributed by atoms with Gasteiger partial charge in [-0.05, 0) is 19.9 Å². The van der Waals surface area contributed by atoms with Gasteiger partial charge in [-0.2, -0.15) is 0 Å². The molecule has 0 N–H and O–H groups in total. The van der Waals surface area contributed by atoms with Gasteiger partial charge in [0.1, 0.15) is 0 Å². The van der Waals surface area contributed by atoms with E-state index in [9.17, 15) is 18.0 Å². The molecule has 24 heavy (non-hydrogen) atoms. The highest BCUT2D eigenvalue weighted by atomic mass is 32.2. The van der Waals surface area contributed by atoms with Crippen LogP contribution in [0.2, 0.25) is 0 Å². The lowest BCUT2D eigenvalue weighted by Gasteiger charge is -2.36. The molecule has 2 aliphatic heterocycles. The molecule has 0 aliphatic carbocycles. The van der Waals surface area contributed by atoms with Gasteiger partial charge in [-0.25, -0.2) is 13.2 Å². The Morgan fingerprint density at radius 3 is 2.25 bits per heavy atom. The van der Waals surface area contributed by atoms with Gasteiger partial charge in [0.2, 0.25) is 5.91 Å². The molecule has 0 aromatic carbocycles. The lowest BCUT2D eigenvalue weighted by atomic mass is 10.2. The highest BCUT2D eigenvalue weighted by Crippen LogP contribution is 2.18. The molecule has 9 heteroatoms. The fourth-order valence-electron chi connectivity index (χ4n) is 3.19. The number of ether oxygens (including phenoxy) is 1. The minimum Gasteiger partial charge on any atom is -0.450 e. The summed E-state index contributed by atoms with van der Waals surface area (Å²) in [7, 11) is -2.96. The van der Waals surface area contributed by atoms with Crippen LogP contribution in [0.1, 0.15) is 20.3 Å². The summed E-state index contributed by atoms with van der Waals surface area (Å²) in [5, 5.41) is 0. The predicted molar refractivity (Wildman–Crippen MR) is 89.5 cm³/mol. The van der Waals surface area contributed by atoms with Gasteiger partial charge in [-0.15, -0.1) is 0 Å². The first-order chi connectivity index (χ1) is 11.4. The highest BCUT2D eigenvalue weighted by molar-refractivity contribution is 7.91. The van der Waals surface area contributed by atoms with Gasteiger partial charge in [0.05, 0.1) is 24.7 Å². The topological polar surface area (TPSA) is 87.2 Å². The van der Waals surface area contributed by atoms with Gasteiger partial charge in [-0.3, -0.25) is 9.69 Å². The summed E-state index contributed by atoms with van der Waals surface area (Å²) >= 11 is 0. The first-order valence-electron chi connectivity index (χ1n) is 8.50. The van der Waals surface area contributed by atoms with E-state index < -0.39 is 9.84 Å². The van der Waals surface area contributed by atoms with E-state index in [4.69, 9.17) is 4.74 Å². The van der Waals surface area contributed by atoms with Crippen LogP contribution in [-0.2, 0) is 19.4 Å². The number of hydrogen-bond acceptors (Lipinski definition) is 6. The number of carbonyl (C=O) groups excluding carboxylic acids is 2. The molecule has 138 valence electrons. The van der Waals surface area contributed by atoms with Crippen LogP contribution in [0.3, 0.4) is 0 Å². The molecule has 0 radical (unpaired) electrons. The fraction of sp³-hybridized carbons (Fsp3) is 0.867. The minimum atomic E-state index is -2.96. The first kappa shape index (κ1) is 19.0. The fourth-order valence-corrected chi connectivity index (χ4v) is 4.95. The summed E-state index contributed by atoms with van der Waals surface area (Å²) in [4.78, 5) is 29.4. The van der Waals surface area contributed by atoms with Gasteiger partial charge in [-0.1, -0.05) is 6.92 Å². The van der Waals surface area contributed by atoms with Gasteiger partial charge < -0.3 is 14.5 Å². The van der Waals surface area contributed by atoms with Crippen LogP contribution < -0.4 is 0 Å². The van der Waals surface area contributed by atoms with Crippen molar-refractivity contribution >= 4 is 21.8 Å². The zero-order valence-electron chi connectivity index (χ0n) is 14.4. The highest BCUT2D eigenvalue weighted by Gasteiger charge is 2.33. The number of amides is 2. The molecule has 2 fully saturated rings. The zero-order chi connectivity index (χ0) is 17.7. The Labute approximate surface area is 143 Å². The second-order valence-electron chi connectivity index (χ2n) is 6.19. The number of carbonyl (C=O) groups is 2. The largest absolute Gasteiger partial charge is 0.450 e. The van der Waals surface area contributed by atoms with Crippen LogP contribution in [0, 0.1) is 0 Å². The average molecular weight is 361 g/mol. The third kappa shape index (κ3) is 4.83. The first-order valence-corrected chi connectivity index (χ1v) is 10.3. The number of rotatable bonds is 5. The van der Waals surface area contributed by atoms with Gasteiger partial charge >= 0.3 is 6.09 Å². The summed E-state index contributed by atoms with van der Waals surface area (Å²) in [5.41, 5.74) is 0. The maximum Gasteiger partial charge on any atom is 0.409 e. The van der Waals surface area contributed by atoms with Crippen LogP contribution in [-0.4, -0.2) is 98.5 Å². The van der Waals surface area contributed by atoms with Gasteiger partial charge in [0, 0.05) is 32.2 Å². The molecule has 0 aromatic heterocycles. The molecule has 1 unspecified atom stereocenters. The van der Waals surface area contributed by atoms with Crippen LogP contribution in [0.5, 0.6) is 0 Å². The number of nitrogens with zero attached hydrogens (tertiary/aromatic N) is 3. The maximum absolute atomic E-state index is 12.5. The molecule has 1 atom stereocenters. The summed E-state index contributed by atoms with van der Waals surface area (Å²) in [6.45, 7) is 6.83. The monoisotopic (exact) mass is 361 g/mol. The van der Waals surface area contributed by atoms with Crippen molar-refractivity contribution in [3.63, 3.8) is 0 Å². The van der Waals surface area contributed by atoms with Crippen molar-refractivity contribution in [1.82, 2.24) is 14.7 Å². The molecular weight excluding hydrogens is 334 g/mol. The van der Waals surface area contributed by atoms with Crippen LogP contribution in [0.15, 0.2) is 0 Å². The number of hydrogen-bond donors (Lipinski definition) is 0. The molecule has 0 spiro atoms. The van der Waals surface area contributed by atoms with Crippen LogP contribution in [0.4, 0.5) is 4.79 Å². The van der Waals surface area contributed by atoms with E-state index >= 15 is 0 Å². The van der Waals surface area contributed by atoms with Gasteiger partial charge in [0.25, 0.3) is 0 Å². The van der Waals surface area contributed by atoms with E-state index in [1.54, 1.807) is 16.7 Å². The molecule has 2 amide bonds. The Morgan fingerprint density at radius 1 is 1.12 bits per heavy atom. The van der Waals surface area contributed by atoms with E-state index in [0.29, 0.717) is 45.8 Å². The predicted octanol–water partition coefficient (Wildman–Crippen LogP) is -0.204. The van der Waals surface area contributed by atoms with Crippen molar-refractivity contribution in [3.05, 3.63) is 0 Å². The van der Waals surface area contributed by atoms with Crippen LogP contribution >= 0.6 is 0 Å². The number of likely N-dealkylation sites (N-methyl/N-ethyl adjacent to an activating group) is 1. The molecule has 2 rings (SSSR count).